The second kappa shape index (κ2) is 9.23. The van der Waals surface area contributed by atoms with Gasteiger partial charge in [0.15, 0.2) is 0 Å². The molecule has 1 aliphatic heterocycles. The average Bonchev–Trinajstić information content (AvgIpc) is 2.78. The van der Waals surface area contributed by atoms with Gasteiger partial charge in [-0.25, -0.2) is 5.10 Å². The van der Waals surface area contributed by atoms with Crippen molar-refractivity contribution in [2.24, 2.45) is 9.98 Å². The minimum atomic E-state index is -4.80. The van der Waals surface area contributed by atoms with Crippen molar-refractivity contribution in [3.05, 3.63) is 62.2 Å². The zero-order valence-electron chi connectivity index (χ0n) is 16.7. The Balaban J connectivity index is 1.98. The van der Waals surface area contributed by atoms with Crippen LogP contribution >= 0.6 is 11.6 Å². The first-order valence-electron chi connectivity index (χ1n) is 9.13. The predicted octanol–water partition coefficient (Wildman–Crippen LogP) is 3.59. The number of halogens is 4. The zero-order chi connectivity index (χ0) is 23.5. The molecule has 0 atom stereocenters. The molecule has 1 aliphatic rings. The number of H-pyrrole nitrogens is 1. The van der Waals surface area contributed by atoms with Crippen LogP contribution in [0.3, 0.4) is 0 Å². The van der Waals surface area contributed by atoms with Crippen molar-refractivity contribution in [2.75, 3.05) is 25.0 Å². The van der Waals surface area contributed by atoms with Gasteiger partial charge in [-0.2, -0.15) is 23.5 Å². The number of aromatic amines is 1. The highest BCUT2D eigenvalue weighted by Crippen LogP contribution is 2.39. The molecule has 0 unspecified atom stereocenters. The van der Waals surface area contributed by atoms with Crippen molar-refractivity contribution in [2.45, 2.75) is 12.6 Å². The smallest absolute Gasteiger partial charge is 0.421 e. The lowest BCUT2D eigenvalue weighted by Gasteiger charge is -2.31. The highest BCUT2D eigenvalue weighted by Gasteiger charge is 2.38. The second-order valence-electron chi connectivity index (χ2n) is 6.57. The van der Waals surface area contributed by atoms with E-state index in [1.165, 1.54) is 25.4 Å². The summed E-state index contributed by atoms with van der Waals surface area (Å²) in [5, 5.41) is 15.0. The van der Waals surface area contributed by atoms with Crippen molar-refractivity contribution >= 4 is 29.9 Å². The van der Waals surface area contributed by atoms with Gasteiger partial charge in [-0.15, -0.1) is 0 Å². The van der Waals surface area contributed by atoms with Gasteiger partial charge < -0.3 is 9.64 Å². The fourth-order valence-electron chi connectivity index (χ4n) is 3.27. The fourth-order valence-corrected chi connectivity index (χ4v) is 3.48. The monoisotopic (exact) mass is 464 g/mol. The standard InChI is InChI=1S/C20H16ClF3N6O2/c1-26-13-10-30(14-9-28-29-18(31)17(14)21)7-6-12(13)19(27-2)32-15-5-3-4-11(8-25)16(15)20(22,23)24/h3-5,9H,1,6-7,10H2,2H3,(H,29,31). The largest absolute Gasteiger partial charge is 0.438 e. The Labute approximate surface area is 185 Å². The van der Waals surface area contributed by atoms with Gasteiger partial charge in [0.05, 0.1) is 35.8 Å². The number of nitrogens with one attached hydrogen (secondary N) is 1. The van der Waals surface area contributed by atoms with Crippen LogP contribution in [0.15, 0.2) is 50.4 Å². The molecule has 8 nitrogen and oxygen atoms in total. The van der Waals surface area contributed by atoms with E-state index in [-0.39, 0.29) is 23.9 Å². The Morgan fingerprint density at radius 1 is 1.44 bits per heavy atom. The van der Waals surface area contributed by atoms with Gasteiger partial charge in [-0.1, -0.05) is 17.7 Å². The number of nitrogens with zero attached hydrogens (tertiary/aromatic N) is 5. The van der Waals surface area contributed by atoms with Crippen LogP contribution in [0.25, 0.3) is 0 Å². The van der Waals surface area contributed by atoms with Crippen LogP contribution in [0.2, 0.25) is 5.02 Å². The van der Waals surface area contributed by atoms with Gasteiger partial charge in [-0.3, -0.25) is 14.8 Å². The van der Waals surface area contributed by atoms with E-state index in [1.807, 2.05) is 0 Å². The van der Waals surface area contributed by atoms with E-state index >= 15 is 0 Å². The van der Waals surface area contributed by atoms with Gasteiger partial charge >= 0.3 is 6.18 Å². The summed E-state index contributed by atoms with van der Waals surface area (Å²) >= 11 is 6.07. The van der Waals surface area contributed by atoms with Gasteiger partial charge in [0.2, 0.25) is 5.90 Å². The second-order valence-corrected chi connectivity index (χ2v) is 6.95. The molecule has 12 heteroatoms. The van der Waals surface area contributed by atoms with E-state index in [0.29, 0.717) is 23.5 Å². The minimum absolute atomic E-state index is 0.0457. The zero-order valence-corrected chi connectivity index (χ0v) is 17.5. The summed E-state index contributed by atoms with van der Waals surface area (Å²) in [7, 11) is 1.37. The van der Waals surface area contributed by atoms with E-state index in [9.17, 15) is 18.0 Å². The molecule has 0 amide bonds. The molecule has 32 heavy (non-hydrogen) atoms. The molecule has 0 spiro atoms. The molecule has 0 fully saturated rings. The van der Waals surface area contributed by atoms with E-state index in [2.05, 4.69) is 26.9 Å². The highest BCUT2D eigenvalue weighted by molar-refractivity contribution is 6.33. The number of aliphatic imine (C=N–C) groups is 2. The molecular formula is C20H16ClF3N6O2. The first kappa shape index (κ1) is 23.0. The molecule has 2 aromatic rings. The Hall–Kier alpha value is -3.65. The SMILES string of the molecule is C=NC1=C(C(=NC)Oc2cccc(C#N)c2C(F)(F)F)CCN(c2cn[nH]c(=O)c2Cl)C1. The summed E-state index contributed by atoms with van der Waals surface area (Å²) in [5.74, 6) is -0.625. The molecule has 1 aromatic heterocycles. The summed E-state index contributed by atoms with van der Waals surface area (Å²) in [6.07, 6.45) is -3.14. The molecule has 0 saturated heterocycles. The number of alkyl halides is 3. The van der Waals surface area contributed by atoms with Crippen LogP contribution in [0, 0.1) is 11.3 Å². The van der Waals surface area contributed by atoms with Crippen LogP contribution in [0.1, 0.15) is 17.5 Å². The Morgan fingerprint density at radius 2 is 2.19 bits per heavy atom. The Bertz CT molecular complexity index is 1210. The molecule has 1 N–H and O–H groups in total. The molecule has 0 saturated carbocycles. The number of benzene rings is 1. The summed E-state index contributed by atoms with van der Waals surface area (Å²) in [6, 6.07) is 5.01. The van der Waals surface area contributed by atoms with Crippen molar-refractivity contribution in [3.63, 3.8) is 0 Å². The van der Waals surface area contributed by atoms with Crippen molar-refractivity contribution in [3.8, 4) is 11.8 Å². The Kier molecular flexibility index (Phi) is 6.64. The lowest BCUT2D eigenvalue weighted by molar-refractivity contribution is -0.138. The van der Waals surface area contributed by atoms with Gasteiger partial charge in [0.1, 0.15) is 16.3 Å². The van der Waals surface area contributed by atoms with Crippen LogP contribution < -0.4 is 15.2 Å². The van der Waals surface area contributed by atoms with Crippen molar-refractivity contribution < 1.29 is 17.9 Å². The maximum atomic E-state index is 13.6. The molecule has 166 valence electrons. The number of aromatic nitrogens is 2. The van der Waals surface area contributed by atoms with Crippen LogP contribution in [-0.2, 0) is 6.18 Å². The number of rotatable bonds is 4. The summed E-state index contributed by atoms with van der Waals surface area (Å²) in [5.41, 5.74) is -1.08. The van der Waals surface area contributed by atoms with E-state index in [1.54, 1.807) is 4.90 Å². The van der Waals surface area contributed by atoms with E-state index in [4.69, 9.17) is 21.6 Å². The van der Waals surface area contributed by atoms with Crippen molar-refractivity contribution in [1.82, 2.24) is 10.2 Å². The quantitative estimate of drug-likeness (QED) is 0.549. The first-order chi connectivity index (χ1) is 15.2. The number of nitriles is 1. The third kappa shape index (κ3) is 4.50. The Morgan fingerprint density at radius 3 is 2.81 bits per heavy atom. The number of ether oxygens (including phenoxy) is 1. The molecule has 0 bridgehead atoms. The fraction of sp³-hybridized carbons (Fsp3) is 0.250. The molecule has 0 aliphatic carbocycles. The average molecular weight is 465 g/mol. The number of hydrogen-bond donors (Lipinski definition) is 1. The predicted molar refractivity (Wildman–Crippen MR) is 113 cm³/mol. The highest BCUT2D eigenvalue weighted by atomic mass is 35.5. The number of anilines is 1. The molecule has 1 aromatic carbocycles. The molecule has 3 rings (SSSR count). The lowest BCUT2D eigenvalue weighted by Crippen LogP contribution is -2.35. The van der Waals surface area contributed by atoms with Gasteiger partial charge in [0.25, 0.3) is 5.56 Å². The molecule has 0 radical (unpaired) electrons. The third-order valence-electron chi connectivity index (χ3n) is 4.73. The topological polar surface area (TPSA) is 107 Å². The van der Waals surface area contributed by atoms with Gasteiger partial charge in [0, 0.05) is 19.2 Å². The normalized spacial score (nSPS) is 14.9. The summed E-state index contributed by atoms with van der Waals surface area (Å²) in [4.78, 5) is 21.5. The van der Waals surface area contributed by atoms with Crippen LogP contribution in [-0.4, -0.2) is 42.9 Å². The van der Waals surface area contributed by atoms with E-state index < -0.39 is 28.6 Å². The maximum absolute atomic E-state index is 13.6. The van der Waals surface area contributed by atoms with Crippen LogP contribution in [0.5, 0.6) is 5.75 Å². The summed E-state index contributed by atoms with van der Waals surface area (Å²) in [6.45, 7) is 4.01. The number of hydrogen-bond acceptors (Lipinski definition) is 7. The van der Waals surface area contributed by atoms with Crippen LogP contribution in [0.4, 0.5) is 18.9 Å². The third-order valence-corrected chi connectivity index (χ3v) is 5.09. The molecule has 2 heterocycles. The minimum Gasteiger partial charge on any atom is -0.438 e. The maximum Gasteiger partial charge on any atom is 0.421 e. The molecular weight excluding hydrogens is 449 g/mol. The summed E-state index contributed by atoms with van der Waals surface area (Å²) < 4.78 is 46.3. The lowest BCUT2D eigenvalue weighted by atomic mass is 10.0. The van der Waals surface area contributed by atoms with Crippen molar-refractivity contribution in [1.29, 1.82) is 5.26 Å². The van der Waals surface area contributed by atoms with Gasteiger partial charge in [-0.05, 0) is 25.3 Å². The van der Waals surface area contributed by atoms with E-state index in [0.717, 1.165) is 12.1 Å². The first-order valence-corrected chi connectivity index (χ1v) is 9.51.